The number of allylic oxidation sites excluding steroid dienone is 7. The molecule has 0 aromatic heterocycles. The van der Waals surface area contributed by atoms with Gasteiger partial charge in [-0.1, -0.05) is 114 Å². The quantitative estimate of drug-likeness (QED) is 0.0343. The Kier molecular flexibility index (Phi) is 29.4. The van der Waals surface area contributed by atoms with Gasteiger partial charge in [0, 0.05) is 6.42 Å². The van der Waals surface area contributed by atoms with Gasteiger partial charge in [0.15, 0.2) is 12.6 Å². The number of carbonyl (C=O) groups is 1. The molecule has 2 saturated heterocycles. The molecule has 59 heavy (non-hydrogen) atoms. The van der Waals surface area contributed by atoms with Crippen LogP contribution in [-0.2, 0) is 23.7 Å². The van der Waals surface area contributed by atoms with Gasteiger partial charge in [0.05, 0.1) is 32.0 Å². The third-order valence-electron chi connectivity index (χ3n) is 10.7. The van der Waals surface area contributed by atoms with Crippen molar-refractivity contribution in [3.8, 4) is 0 Å². The summed E-state index contributed by atoms with van der Waals surface area (Å²) in [6.45, 7) is 2.58. The molecule has 12 atom stereocenters. The second kappa shape index (κ2) is 32.6. The summed E-state index contributed by atoms with van der Waals surface area (Å²) in [5, 5.41) is 86.3. The lowest BCUT2D eigenvalue weighted by molar-refractivity contribution is -0.359. The third-order valence-corrected chi connectivity index (χ3v) is 10.7. The third kappa shape index (κ3) is 21.1. The van der Waals surface area contributed by atoms with Crippen LogP contribution in [0, 0.1) is 0 Å². The summed E-state index contributed by atoms with van der Waals surface area (Å²) >= 11 is 0. The lowest BCUT2D eigenvalue weighted by Crippen LogP contribution is -2.65. The molecule has 0 saturated carbocycles. The number of amides is 1. The molecule has 0 radical (unpaired) electrons. The topological polar surface area (TPSA) is 228 Å². The molecule has 2 fully saturated rings. The Balaban J connectivity index is 1.91. The van der Waals surface area contributed by atoms with Crippen LogP contribution in [0.1, 0.15) is 136 Å². The first-order valence-electron chi connectivity index (χ1n) is 22.4. The minimum atomic E-state index is -1.79. The minimum absolute atomic E-state index is 0.258. The Morgan fingerprint density at radius 3 is 1.75 bits per heavy atom. The summed E-state index contributed by atoms with van der Waals surface area (Å²) in [6.07, 6.45) is 18.9. The summed E-state index contributed by atoms with van der Waals surface area (Å²) < 4.78 is 22.6. The van der Waals surface area contributed by atoms with E-state index in [1.165, 1.54) is 38.5 Å². The standard InChI is InChI=1S/C45H79NO13/c1-3-5-7-9-11-13-15-16-17-18-19-21-23-25-27-29-37(50)46-33(34(49)28-26-24-22-20-14-12-10-8-6-4-2)32-56-44-42(55)40(53)43(36(31-48)58-44)59-45-41(54)39(52)38(51)35(30-47)57-45/h6,8,14,16-17,20,26,28,33-36,38-45,47-49,51-55H,3-5,7,9-13,15,18-19,21-25,27,29-32H2,1-2H3,(H,46,50)/b8-6+,17-16-,20-14+,28-26+. The van der Waals surface area contributed by atoms with Crippen LogP contribution < -0.4 is 5.32 Å². The molecule has 0 aromatic carbocycles. The van der Waals surface area contributed by atoms with Crippen LogP contribution in [0.25, 0.3) is 0 Å². The highest BCUT2D eigenvalue weighted by molar-refractivity contribution is 5.76. The summed E-state index contributed by atoms with van der Waals surface area (Å²) in [6, 6.07) is -0.939. The maximum atomic E-state index is 13.1. The first kappa shape index (κ1) is 53.1. The van der Waals surface area contributed by atoms with Crippen molar-refractivity contribution >= 4 is 5.91 Å². The molecule has 2 heterocycles. The average Bonchev–Trinajstić information content (AvgIpc) is 3.23. The highest BCUT2D eigenvalue weighted by Gasteiger charge is 2.50. The maximum Gasteiger partial charge on any atom is 0.220 e. The zero-order valence-electron chi connectivity index (χ0n) is 35.7. The summed E-state index contributed by atoms with van der Waals surface area (Å²) in [5.41, 5.74) is 0. The summed E-state index contributed by atoms with van der Waals surface area (Å²) in [4.78, 5) is 13.1. The molecule has 342 valence electrons. The molecule has 0 aliphatic carbocycles. The Labute approximate surface area is 353 Å². The highest BCUT2D eigenvalue weighted by Crippen LogP contribution is 2.30. The van der Waals surface area contributed by atoms with Crippen LogP contribution in [0.5, 0.6) is 0 Å². The number of carbonyl (C=O) groups excluding carboxylic acids is 1. The number of rotatable bonds is 32. The zero-order chi connectivity index (χ0) is 43.3. The molecular weight excluding hydrogens is 762 g/mol. The number of ether oxygens (including phenoxy) is 4. The van der Waals surface area contributed by atoms with Crippen molar-refractivity contribution in [3.05, 3.63) is 48.6 Å². The second-order valence-electron chi connectivity index (χ2n) is 15.8. The van der Waals surface area contributed by atoms with Gasteiger partial charge >= 0.3 is 0 Å². The van der Waals surface area contributed by atoms with Crippen molar-refractivity contribution in [1.29, 1.82) is 0 Å². The van der Waals surface area contributed by atoms with Crippen LogP contribution >= 0.6 is 0 Å². The van der Waals surface area contributed by atoms with Gasteiger partial charge in [-0.05, 0) is 64.2 Å². The number of hydrogen-bond donors (Lipinski definition) is 9. The van der Waals surface area contributed by atoms with Crippen molar-refractivity contribution < 1.29 is 64.6 Å². The van der Waals surface area contributed by atoms with Crippen molar-refractivity contribution in [2.45, 2.75) is 209 Å². The average molecular weight is 842 g/mol. The molecule has 14 heteroatoms. The van der Waals surface area contributed by atoms with E-state index in [4.69, 9.17) is 18.9 Å². The van der Waals surface area contributed by atoms with Crippen LogP contribution in [0.4, 0.5) is 0 Å². The molecule has 1 amide bonds. The lowest BCUT2D eigenvalue weighted by Gasteiger charge is -2.46. The number of hydrogen-bond acceptors (Lipinski definition) is 13. The van der Waals surface area contributed by atoms with E-state index >= 15 is 0 Å². The number of aliphatic hydroxyl groups is 8. The smallest absolute Gasteiger partial charge is 0.220 e. The van der Waals surface area contributed by atoms with Gasteiger partial charge in [0.1, 0.15) is 48.8 Å². The SMILES string of the molecule is CC/C=C/CC/C=C/CC/C=C/C(O)C(COC1OC(CO)C(OC2OC(CO)C(O)C(O)C2O)C(O)C1O)NC(=O)CCCCCCC/C=C\CCCCCCCC. The Morgan fingerprint density at radius 2 is 1.14 bits per heavy atom. The van der Waals surface area contributed by atoms with Crippen molar-refractivity contribution in [3.63, 3.8) is 0 Å². The van der Waals surface area contributed by atoms with Crippen molar-refractivity contribution in [1.82, 2.24) is 5.32 Å². The van der Waals surface area contributed by atoms with Crippen LogP contribution in [0.3, 0.4) is 0 Å². The normalized spacial score (nSPS) is 29.0. The first-order chi connectivity index (χ1) is 28.6. The van der Waals surface area contributed by atoms with Crippen LogP contribution in [0.2, 0.25) is 0 Å². The Hall–Kier alpha value is -2.05. The highest BCUT2D eigenvalue weighted by atomic mass is 16.7. The van der Waals surface area contributed by atoms with Gasteiger partial charge in [-0.2, -0.15) is 0 Å². The molecule has 0 aromatic rings. The summed E-state index contributed by atoms with van der Waals surface area (Å²) in [7, 11) is 0. The molecule has 9 N–H and O–H groups in total. The van der Waals surface area contributed by atoms with E-state index in [1.807, 2.05) is 6.08 Å². The van der Waals surface area contributed by atoms with Gasteiger partial charge in [0.2, 0.25) is 5.91 Å². The Morgan fingerprint density at radius 1 is 0.610 bits per heavy atom. The predicted molar refractivity (Wildman–Crippen MR) is 226 cm³/mol. The van der Waals surface area contributed by atoms with E-state index in [1.54, 1.807) is 6.08 Å². The summed E-state index contributed by atoms with van der Waals surface area (Å²) in [5.74, 6) is -0.268. The Bertz CT molecular complexity index is 1180. The van der Waals surface area contributed by atoms with E-state index < -0.39 is 86.8 Å². The molecule has 12 unspecified atom stereocenters. The monoisotopic (exact) mass is 842 g/mol. The van der Waals surface area contributed by atoms with Crippen molar-refractivity contribution in [2.75, 3.05) is 19.8 Å². The fourth-order valence-corrected chi connectivity index (χ4v) is 7.03. The van der Waals surface area contributed by atoms with E-state index in [2.05, 4.69) is 55.6 Å². The first-order valence-corrected chi connectivity index (χ1v) is 22.4. The van der Waals surface area contributed by atoms with Gasteiger partial charge < -0.3 is 65.1 Å². The van der Waals surface area contributed by atoms with Crippen LogP contribution in [-0.4, -0.2) is 140 Å². The van der Waals surface area contributed by atoms with E-state index in [9.17, 15) is 45.6 Å². The van der Waals surface area contributed by atoms with Gasteiger partial charge in [-0.15, -0.1) is 0 Å². The number of nitrogens with one attached hydrogen (secondary N) is 1. The minimum Gasteiger partial charge on any atom is -0.394 e. The van der Waals surface area contributed by atoms with Crippen LogP contribution in [0.15, 0.2) is 48.6 Å². The van der Waals surface area contributed by atoms with Gasteiger partial charge in [-0.25, -0.2) is 0 Å². The van der Waals surface area contributed by atoms with Gasteiger partial charge in [0.25, 0.3) is 0 Å². The molecule has 2 rings (SSSR count). The van der Waals surface area contributed by atoms with Crippen molar-refractivity contribution in [2.24, 2.45) is 0 Å². The maximum absolute atomic E-state index is 13.1. The molecule has 0 bridgehead atoms. The van der Waals surface area contributed by atoms with E-state index in [0.29, 0.717) is 12.8 Å². The van der Waals surface area contributed by atoms with E-state index in [0.717, 1.165) is 64.2 Å². The van der Waals surface area contributed by atoms with Gasteiger partial charge in [-0.3, -0.25) is 4.79 Å². The van der Waals surface area contributed by atoms with E-state index in [-0.39, 0.29) is 18.9 Å². The zero-order valence-corrected chi connectivity index (χ0v) is 35.7. The number of unbranched alkanes of at least 4 members (excludes halogenated alkanes) is 13. The number of aliphatic hydroxyl groups excluding tert-OH is 8. The molecule has 2 aliphatic rings. The second-order valence-corrected chi connectivity index (χ2v) is 15.8. The fraction of sp³-hybridized carbons (Fsp3) is 0.800. The molecule has 0 spiro atoms. The predicted octanol–water partition coefficient (Wildman–Crippen LogP) is 4.15. The molecule has 2 aliphatic heterocycles. The largest absolute Gasteiger partial charge is 0.394 e. The lowest BCUT2D eigenvalue weighted by atomic mass is 9.97. The molecule has 14 nitrogen and oxygen atoms in total. The molecular formula is C45H79NO13. The fourth-order valence-electron chi connectivity index (χ4n) is 7.03.